The van der Waals surface area contributed by atoms with Crippen molar-refractivity contribution in [3.05, 3.63) is 77.9 Å². The molecule has 0 aliphatic rings. The monoisotopic (exact) mass is 529 g/mol. The summed E-state index contributed by atoms with van der Waals surface area (Å²) >= 11 is 0. The number of hydrogen-bond donors (Lipinski definition) is 7. The van der Waals surface area contributed by atoms with Crippen LogP contribution in [0.25, 0.3) is 0 Å². The summed E-state index contributed by atoms with van der Waals surface area (Å²) in [6.07, 6.45) is 0. The number of rotatable bonds is 9. The number of phenols is 4. The number of benzene rings is 3. The molecule has 0 unspecified atom stereocenters. The molecule has 7 N–H and O–H groups in total. The SMILES string of the molecule is COc1ccccc1Nc1cc(NN=C(C)c2cc(O)cc(O)c2)nc(NN=C(C)c2cc(O)cc(O)c2)n1. The minimum Gasteiger partial charge on any atom is -0.508 e. The summed E-state index contributed by atoms with van der Waals surface area (Å²) in [6.45, 7) is 3.39. The van der Waals surface area contributed by atoms with E-state index in [9.17, 15) is 20.4 Å². The van der Waals surface area contributed by atoms with Crippen molar-refractivity contribution in [2.75, 3.05) is 23.3 Å². The maximum absolute atomic E-state index is 9.78. The van der Waals surface area contributed by atoms with E-state index in [1.54, 1.807) is 33.1 Å². The first kappa shape index (κ1) is 26.5. The molecule has 0 bridgehead atoms. The molecular weight excluding hydrogens is 502 g/mol. The first-order valence-electron chi connectivity index (χ1n) is 11.7. The highest BCUT2D eigenvalue weighted by Crippen LogP contribution is 2.28. The lowest BCUT2D eigenvalue weighted by atomic mass is 10.1. The number of aromatic nitrogens is 2. The van der Waals surface area contributed by atoms with Crippen molar-refractivity contribution < 1.29 is 25.2 Å². The molecule has 4 rings (SSSR count). The van der Waals surface area contributed by atoms with E-state index in [0.717, 1.165) is 0 Å². The molecule has 12 nitrogen and oxygen atoms in total. The third-order valence-corrected chi connectivity index (χ3v) is 5.40. The van der Waals surface area contributed by atoms with Gasteiger partial charge in [-0.3, -0.25) is 5.43 Å². The van der Waals surface area contributed by atoms with Gasteiger partial charge in [-0.2, -0.15) is 20.2 Å². The number of aromatic hydroxyl groups is 4. The van der Waals surface area contributed by atoms with E-state index in [2.05, 4.69) is 36.3 Å². The second-order valence-corrected chi connectivity index (χ2v) is 8.38. The van der Waals surface area contributed by atoms with Crippen molar-refractivity contribution in [2.24, 2.45) is 10.2 Å². The highest BCUT2D eigenvalue weighted by molar-refractivity contribution is 6.00. The highest BCUT2D eigenvalue weighted by atomic mass is 16.5. The fourth-order valence-electron chi connectivity index (χ4n) is 3.52. The van der Waals surface area contributed by atoms with Crippen molar-refractivity contribution in [2.45, 2.75) is 13.8 Å². The Morgan fingerprint density at radius 2 is 1.21 bits per heavy atom. The number of para-hydroxylation sites is 2. The van der Waals surface area contributed by atoms with E-state index in [1.165, 1.54) is 36.4 Å². The summed E-state index contributed by atoms with van der Waals surface area (Å²) < 4.78 is 5.41. The van der Waals surface area contributed by atoms with Crippen molar-refractivity contribution >= 4 is 34.7 Å². The molecular formula is C27H27N7O5. The third kappa shape index (κ3) is 7.04. The Hall–Kier alpha value is -5.52. The molecule has 39 heavy (non-hydrogen) atoms. The van der Waals surface area contributed by atoms with Crippen LogP contribution in [0.2, 0.25) is 0 Å². The van der Waals surface area contributed by atoms with Gasteiger partial charge in [-0.15, -0.1) is 0 Å². The summed E-state index contributed by atoms with van der Waals surface area (Å²) in [5, 5.41) is 50.9. The lowest BCUT2D eigenvalue weighted by molar-refractivity contribution is 0.417. The maximum atomic E-state index is 9.78. The maximum Gasteiger partial charge on any atom is 0.247 e. The molecule has 0 fully saturated rings. The topological polar surface area (TPSA) is 177 Å². The van der Waals surface area contributed by atoms with Crippen LogP contribution in [-0.4, -0.2) is 48.9 Å². The minimum atomic E-state index is -0.0985. The molecule has 1 heterocycles. The Labute approximate surface area is 224 Å². The Morgan fingerprint density at radius 1 is 0.692 bits per heavy atom. The second-order valence-electron chi connectivity index (χ2n) is 8.38. The number of phenolic OH excluding ortho intramolecular Hbond substituents is 4. The van der Waals surface area contributed by atoms with Crippen molar-refractivity contribution in [1.29, 1.82) is 0 Å². The van der Waals surface area contributed by atoms with Crippen LogP contribution in [0.3, 0.4) is 0 Å². The van der Waals surface area contributed by atoms with Gasteiger partial charge in [0.05, 0.1) is 24.2 Å². The average molecular weight is 530 g/mol. The van der Waals surface area contributed by atoms with Crippen LogP contribution in [0, 0.1) is 0 Å². The number of nitrogens with zero attached hydrogens (tertiary/aromatic N) is 4. The van der Waals surface area contributed by atoms with Gasteiger partial charge < -0.3 is 30.5 Å². The van der Waals surface area contributed by atoms with E-state index >= 15 is 0 Å². The van der Waals surface area contributed by atoms with Gasteiger partial charge in [0.25, 0.3) is 0 Å². The van der Waals surface area contributed by atoms with E-state index < -0.39 is 0 Å². The molecule has 1 aromatic heterocycles. The second kappa shape index (κ2) is 11.7. The zero-order chi connectivity index (χ0) is 27.9. The lowest BCUT2D eigenvalue weighted by Crippen LogP contribution is -2.07. The van der Waals surface area contributed by atoms with E-state index in [4.69, 9.17) is 4.74 Å². The van der Waals surface area contributed by atoms with Crippen LogP contribution in [0.5, 0.6) is 28.7 Å². The lowest BCUT2D eigenvalue weighted by Gasteiger charge is -2.12. The van der Waals surface area contributed by atoms with E-state index in [1.807, 2.05) is 18.2 Å². The number of methoxy groups -OCH3 is 1. The van der Waals surface area contributed by atoms with Gasteiger partial charge >= 0.3 is 0 Å². The fourth-order valence-corrected chi connectivity index (χ4v) is 3.52. The molecule has 0 atom stereocenters. The van der Waals surface area contributed by atoms with E-state index in [-0.39, 0.29) is 28.9 Å². The van der Waals surface area contributed by atoms with Gasteiger partial charge in [-0.1, -0.05) is 12.1 Å². The molecule has 200 valence electrons. The molecule has 0 aliphatic heterocycles. The van der Waals surface area contributed by atoms with Crippen LogP contribution < -0.4 is 20.9 Å². The van der Waals surface area contributed by atoms with Crippen LogP contribution in [0.15, 0.2) is 76.9 Å². The average Bonchev–Trinajstić information content (AvgIpc) is 2.89. The number of anilines is 4. The van der Waals surface area contributed by atoms with Crippen LogP contribution in [0.1, 0.15) is 25.0 Å². The van der Waals surface area contributed by atoms with Crippen LogP contribution in [-0.2, 0) is 0 Å². The first-order valence-corrected chi connectivity index (χ1v) is 11.7. The van der Waals surface area contributed by atoms with Gasteiger partial charge in [0.1, 0.15) is 34.6 Å². The van der Waals surface area contributed by atoms with E-state index in [0.29, 0.717) is 45.6 Å². The van der Waals surface area contributed by atoms with Crippen molar-refractivity contribution in [3.8, 4) is 28.7 Å². The predicted molar refractivity (Wildman–Crippen MR) is 150 cm³/mol. The Balaban J connectivity index is 1.65. The van der Waals surface area contributed by atoms with Crippen molar-refractivity contribution in [1.82, 2.24) is 9.97 Å². The highest BCUT2D eigenvalue weighted by Gasteiger charge is 2.10. The van der Waals surface area contributed by atoms with Gasteiger partial charge in [-0.25, -0.2) is 5.43 Å². The molecule has 0 saturated heterocycles. The summed E-state index contributed by atoms with van der Waals surface area (Å²) in [4.78, 5) is 8.87. The summed E-state index contributed by atoms with van der Waals surface area (Å²) in [6, 6.07) is 17.3. The van der Waals surface area contributed by atoms with Gasteiger partial charge in [0.2, 0.25) is 5.95 Å². The van der Waals surface area contributed by atoms with Gasteiger partial charge in [-0.05, 0) is 50.2 Å². The molecule has 0 saturated carbocycles. The Bertz CT molecular complexity index is 1430. The first-order chi connectivity index (χ1) is 18.7. The molecule has 12 heteroatoms. The zero-order valence-electron chi connectivity index (χ0n) is 21.3. The third-order valence-electron chi connectivity index (χ3n) is 5.40. The van der Waals surface area contributed by atoms with Gasteiger partial charge in [0.15, 0.2) is 5.82 Å². The normalized spacial score (nSPS) is 11.7. The van der Waals surface area contributed by atoms with Crippen LogP contribution in [0.4, 0.5) is 23.3 Å². The van der Waals surface area contributed by atoms with Crippen LogP contribution >= 0.6 is 0 Å². The smallest absolute Gasteiger partial charge is 0.247 e. The number of hydrogen-bond acceptors (Lipinski definition) is 12. The molecule has 0 aliphatic carbocycles. The Morgan fingerprint density at radius 3 is 1.77 bits per heavy atom. The fraction of sp³-hybridized carbons (Fsp3) is 0.111. The molecule has 0 spiro atoms. The Kier molecular flexibility index (Phi) is 7.95. The largest absolute Gasteiger partial charge is 0.508 e. The summed E-state index contributed by atoms with van der Waals surface area (Å²) in [5.41, 5.74) is 8.26. The van der Waals surface area contributed by atoms with Crippen molar-refractivity contribution in [3.63, 3.8) is 0 Å². The molecule has 0 radical (unpaired) electrons. The number of nitrogens with one attached hydrogen (secondary N) is 3. The standard InChI is InChI=1S/C27H27N7O5/c1-15(17-8-19(35)12-20(36)9-17)31-33-26-14-25(28-23-6-4-5-7-24(23)39-3)29-27(30-26)34-32-16(2)18-10-21(37)13-22(38)11-18/h4-14,35-38H,1-3H3,(H3,28,29,30,33,34). The quantitative estimate of drug-likeness (QED) is 0.119. The summed E-state index contributed by atoms with van der Waals surface area (Å²) in [7, 11) is 1.56. The predicted octanol–water partition coefficient (Wildman–Crippen LogP) is 4.72. The number of hydrazone groups is 2. The molecule has 4 aromatic rings. The summed E-state index contributed by atoms with van der Waals surface area (Å²) in [5.74, 6) is 1.03. The van der Waals surface area contributed by atoms with Gasteiger partial charge in [0, 0.05) is 29.3 Å². The number of ether oxygens (including phenoxy) is 1. The minimum absolute atomic E-state index is 0.0929. The molecule has 3 aromatic carbocycles. The zero-order valence-corrected chi connectivity index (χ0v) is 21.3. The molecule has 0 amide bonds.